The van der Waals surface area contributed by atoms with Gasteiger partial charge in [0.25, 0.3) is 0 Å². The molecule has 1 aliphatic rings. The average Bonchev–Trinajstić information content (AvgIpc) is 2.48. The van der Waals surface area contributed by atoms with Crippen LogP contribution in [-0.4, -0.2) is 24.9 Å². The van der Waals surface area contributed by atoms with E-state index in [0.29, 0.717) is 6.10 Å². The summed E-state index contributed by atoms with van der Waals surface area (Å²) in [5.41, 5.74) is 2.87. The molecule has 1 aliphatic heterocycles. The van der Waals surface area contributed by atoms with E-state index >= 15 is 0 Å². The van der Waals surface area contributed by atoms with Crippen LogP contribution in [0.2, 0.25) is 0 Å². The van der Waals surface area contributed by atoms with Crippen molar-refractivity contribution in [3.8, 4) is 0 Å². The summed E-state index contributed by atoms with van der Waals surface area (Å²) in [6.45, 7) is 7.91. The molecular formula is C10H21NO2. The number of rotatable bonds is 4. The Balaban J connectivity index is 1.94. The molecule has 0 aliphatic carbocycles. The second-order valence-corrected chi connectivity index (χ2v) is 4.53. The van der Waals surface area contributed by atoms with Crippen LogP contribution in [0.5, 0.6) is 0 Å². The first-order valence-corrected chi connectivity index (χ1v) is 5.10. The zero-order valence-corrected chi connectivity index (χ0v) is 8.93. The highest BCUT2D eigenvalue weighted by Gasteiger charge is 2.15. The van der Waals surface area contributed by atoms with Gasteiger partial charge in [-0.2, -0.15) is 0 Å². The first-order valence-electron chi connectivity index (χ1n) is 5.10. The van der Waals surface area contributed by atoms with Crippen LogP contribution in [0.1, 0.15) is 40.0 Å². The van der Waals surface area contributed by atoms with E-state index in [1.54, 1.807) is 0 Å². The third kappa shape index (κ3) is 5.24. The van der Waals surface area contributed by atoms with Gasteiger partial charge >= 0.3 is 0 Å². The number of ether oxygens (including phenoxy) is 1. The summed E-state index contributed by atoms with van der Waals surface area (Å²) in [5, 5.41) is 0. The van der Waals surface area contributed by atoms with E-state index in [9.17, 15) is 0 Å². The molecule has 78 valence electrons. The van der Waals surface area contributed by atoms with Gasteiger partial charge in [-0.25, -0.2) is 5.48 Å². The van der Waals surface area contributed by atoms with E-state index in [1.165, 1.54) is 12.8 Å². The van der Waals surface area contributed by atoms with E-state index in [0.717, 1.165) is 19.6 Å². The maximum Gasteiger partial charge on any atom is 0.0812 e. The predicted molar refractivity (Wildman–Crippen MR) is 52.4 cm³/mol. The van der Waals surface area contributed by atoms with Crippen molar-refractivity contribution in [2.45, 2.75) is 51.7 Å². The largest absolute Gasteiger partial charge is 0.378 e. The van der Waals surface area contributed by atoms with Crippen molar-refractivity contribution in [3.05, 3.63) is 0 Å². The molecule has 0 spiro atoms. The van der Waals surface area contributed by atoms with E-state index in [4.69, 9.17) is 9.57 Å². The van der Waals surface area contributed by atoms with Crippen molar-refractivity contribution >= 4 is 0 Å². The number of hydrogen-bond donors (Lipinski definition) is 1. The first kappa shape index (κ1) is 11.0. The molecule has 1 rings (SSSR count). The lowest BCUT2D eigenvalue weighted by molar-refractivity contribution is -0.0757. The zero-order chi connectivity index (χ0) is 9.73. The van der Waals surface area contributed by atoms with Crippen molar-refractivity contribution in [3.63, 3.8) is 0 Å². The fourth-order valence-corrected chi connectivity index (χ4v) is 1.36. The molecular weight excluding hydrogens is 166 g/mol. The van der Waals surface area contributed by atoms with Crippen LogP contribution in [0, 0.1) is 0 Å². The number of hydroxylamine groups is 1. The zero-order valence-electron chi connectivity index (χ0n) is 8.93. The van der Waals surface area contributed by atoms with Crippen LogP contribution in [0.3, 0.4) is 0 Å². The Morgan fingerprint density at radius 3 is 2.77 bits per heavy atom. The van der Waals surface area contributed by atoms with E-state index in [2.05, 4.69) is 5.48 Å². The van der Waals surface area contributed by atoms with Gasteiger partial charge < -0.3 is 4.74 Å². The Labute approximate surface area is 80.7 Å². The topological polar surface area (TPSA) is 30.5 Å². The van der Waals surface area contributed by atoms with Crippen LogP contribution < -0.4 is 5.48 Å². The minimum atomic E-state index is -0.101. The summed E-state index contributed by atoms with van der Waals surface area (Å²) in [6.07, 6.45) is 3.93. The van der Waals surface area contributed by atoms with Crippen molar-refractivity contribution in [2.24, 2.45) is 0 Å². The summed E-state index contributed by atoms with van der Waals surface area (Å²) < 4.78 is 5.49. The van der Waals surface area contributed by atoms with Gasteiger partial charge in [-0.05, 0) is 40.0 Å². The predicted octanol–water partition coefficient (Wildman–Crippen LogP) is 1.88. The van der Waals surface area contributed by atoms with Gasteiger partial charge in [0.1, 0.15) is 0 Å². The number of hydrogen-bond acceptors (Lipinski definition) is 3. The lowest BCUT2D eigenvalue weighted by atomic mass is 10.2. The molecule has 0 aromatic carbocycles. The summed E-state index contributed by atoms with van der Waals surface area (Å²) in [6, 6.07) is 0. The first-order chi connectivity index (χ1) is 6.08. The molecule has 1 atom stereocenters. The van der Waals surface area contributed by atoms with Crippen molar-refractivity contribution in [1.82, 2.24) is 5.48 Å². The van der Waals surface area contributed by atoms with Gasteiger partial charge in [0.2, 0.25) is 0 Å². The van der Waals surface area contributed by atoms with E-state index < -0.39 is 0 Å². The summed E-state index contributed by atoms with van der Waals surface area (Å²) >= 11 is 0. The van der Waals surface area contributed by atoms with Gasteiger partial charge in [-0.1, -0.05) is 0 Å². The van der Waals surface area contributed by atoms with Gasteiger partial charge in [0, 0.05) is 13.2 Å². The molecule has 0 saturated carbocycles. The minimum Gasteiger partial charge on any atom is -0.378 e. The lowest BCUT2D eigenvalue weighted by Gasteiger charge is -2.20. The van der Waals surface area contributed by atoms with Crippen LogP contribution in [-0.2, 0) is 9.57 Å². The van der Waals surface area contributed by atoms with Gasteiger partial charge in [-0.15, -0.1) is 0 Å². The molecule has 1 N–H and O–H groups in total. The second kappa shape index (κ2) is 4.94. The highest BCUT2D eigenvalue weighted by molar-refractivity contribution is 4.65. The Morgan fingerprint density at radius 2 is 2.23 bits per heavy atom. The fraction of sp³-hybridized carbons (Fsp3) is 1.00. The molecule has 0 radical (unpaired) electrons. The molecule has 13 heavy (non-hydrogen) atoms. The third-order valence-corrected chi connectivity index (χ3v) is 1.97. The second-order valence-electron chi connectivity index (χ2n) is 4.53. The molecule has 0 aromatic heterocycles. The maximum absolute atomic E-state index is 5.49. The molecule has 1 heterocycles. The Morgan fingerprint density at radius 1 is 1.46 bits per heavy atom. The van der Waals surface area contributed by atoms with E-state index in [1.807, 2.05) is 20.8 Å². The number of nitrogens with one attached hydrogen (secondary N) is 1. The summed E-state index contributed by atoms with van der Waals surface area (Å²) in [7, 11) is 0. The standard InChI is InChI=1S/C10H21NO2/c1-10(2,3)13-11-7-6-9-5-4-8-12-9/h9,11H,4-8H2,1-3H3. The molecule has 1 saturated heterocycles. The van der Waals surface area contributed by atoms with Crippen LogP contribution in [0.25, 0.3) is 0 Å². The Kier molecular flexibility index (Phi) is 4.16. The Hall–Kier alpha value is -0.120. The lowest BCUT2D eigenvalue weighted by Crippen LogP contribution is -2.31. The monoisotopic (exact) mass is 187 g/mol. The molecule has 0 amide bonds. The van der Waals surface area contributed by atoms with Crippen LogP contribution in [0.15, 0.2) is 0 Å². The molecule has 0 bridgehead atoms. The van der Waals surface area contributed by atoms with Crippen molar-refractivity contribution in [1.29, 1.82) is 0 Å². The van der Waals surface area contributed by atoms with Gasteiger partial charge in [-0.3, -0.25) is 4.84 Å². The van der Waals surface area contributed by atoms with E-state index in [-0.39, 0.29) is 5.60 Å². The highest BCUT2D eigenvalue weighted by atomic mass is 16.7. The molecule has 3 heteroatoms. The van der Waals surface area contributed by atoms with Crippen molar-refractivity contribution in [2.75, 3.05) is 13.2 Å². The Bertz CT molecular complexity index is 136. The molecule has 1 unspecified atom stereocenters. The van der Waals surface area contributed by atoms with Gasteiger partial charge in [0.15, 0.2) is 0 Å². The smallest absolute Gasteiger partial charge is 0.0812 e. The maximum atomic E-state index is 5.49. The SMILES string of the molecule is CC(C)(C)ONCCC1CCCO1. The average molecular weight is 187 g/mol. The van der Waals surface area contributed by atoms with Crippen LogP contribution >= 0.6 is 0 Å². The highest BCUT2D eigenvalue weighted by Crippen LogP contribution is 2.14. The molecule has 0 aromatic rings. The van der Waals surface area contributed by atoms with Crippen molar-refractivity contribution < 1.29 is 9.57 Å². The summed E-state index contributed by atoms with van der Waals surface area (Å²) in [4.78, 5) is 5.38. The molecule has 1 fully saturated rings. The third-order valence-electron chi connectivity index (χ3n) is 1.97. The summed E-state index contributed by atoms with van der Waals surface area (Å²) in [5.74, 6) is 0. The van der Waals surface area contributed by atoms with Crippen LogP contribution in [0.4, 0.5) is 0 Å². The fourth-order valence-electron chi connectivity index (χ4n) is 1.36. The minimum absolute atomic E-state index is 0.101. The molecule has 3 nitrogen and oxygen atoms in total. The quantitative estimate of drug-likeness (QED) is 0.538. The van der Waals surface area contributed by atoms with Gasteiger partial charge in [0.05, 0.1) is 11.7 Å². The normalized spacial score (nSPS) is 23.8.